The van der Waals surface area contributed by atoms with E-state index in [1.807, 2.05) is 6.20 Å². The highest BCUT2D eigenvalue weighted by Crippen LogP contribution is 2.20. The van der Waals surface area contributed by atoms with Gasteiger partial charge in [-0.3, -0.25) is 4.90 Å². The highest BCUT2D eigenvalue weighted by atomic mass is 15.1. The predicted molar refractivity (Wildman–Crippen MR) is 110 cm³/mol. The maximum atomic E-state index is 5.64. The van der Waals surface area contributed by atoms with E-state index in [0.29, 0.717) is 12.5 Å². The van der Waals surface area contributed by atoms with E-state index in [2.05, 4.69) is 56.3 Å². The smallest absolute Gasteiger partial charge is 0.229 e. The van der Waals surface area contributed by atoms with Gasteiger partial charge in [-0.25, -0.2) is 4.98 Å². The zero-order valence-electron chi connectivity index (χ0n) is 15.8. The van der Waals surface area contributed by atoms with Gasteiger partial charge >= 0.3 is 0 Å². The minimum absolute atomic E-state index is 0.630. The number of likely N-dealkylation sites (tertiary alicyclic amines) is 1. The first-order valence-corrected chi connectivity index (χ1v) is 9.92. The largest absolute Gasteiger partial charge is 0.332 e. The molecule has 1 aliphatic rings. The van der Waals surface area contributed by atoms with Crippen molar-refractivity contribution in [3.05, 3.63) is 48.3 Å². The summed E-state index contributed by atoms with van der Waals surface area (Å²) >= 11 is 0. The van der Waals surface area contributed by atoms with Crippen LogP contribution in [0.5, 0.6) is 0 Å². The van der Waals surface area contributed by atoms with Crippen LogP contribution < -0.4 is 11.1 Å². The Morgan fingerprint density at radius 2 is 2.00 bits per heavy atom. The number of aromatic nitrogens is 3. The molecule has 2 aromatic heterocycles. The number of anilines is 2. The molecule has 27 heavy (non-hydrogen) atoms. The fraction of sp³-hybridized carbons (Fsp3) is 0.429. The van der Waals surface area contributed by atoms with Gasteiger partial charge in [0.05, 0.1) is 0 Å². The lowest BCUT2D eigenvalue weighted by Crippen LogP contribution is -2.29. The molecule has 0 spiro atoms. The highest BCUT2D eigenvalue weighted by Gasteiger charge is 2.11. The van der Waals surface area contributed by atoms with E-state index < -0.39 is 0 Å². The van der Waals surface area contributed by atoms with Crippen LogP contribution in [0.3, 0.4) is 0 Å². The van der Waals surface area contributed by atoms with Crippen molar-refractivity contribution in [3.63, 3.8) is 0 Å². The lowest BCUT2D eigenvalue weighted by atomic mass is 10.1. The molecule has 6 nitrogen and oxygen atoms in total. The Hall–Kier alpha value is -2.44. The lowest BCUT2D eigenvalue weighted by Gasteiger charge is -2.26. The van der Waals surface area contributed by atoms with Crippen molar-refractivity contribution < 1.29 is 0 Å². The molecular weight excluding hydrogens is 336 g/mol. The molecule has 1 saturated heterocycles. The van der Waals surface area contributed by atoms with Crippen LogP contribution in [0.2, 0.25) is 0 Å². The highest BCUT2D eigenvalue weighted by molar-refractivity contribution is 5.76. The zero-order chi connectivity index (χ0) is 18.5. The van der Waals surface area contributed by atoms with Gasteiger partial charge in [0.15, 0.2) is 0 Å². The number of nitrogens with one attached hydrogen (secondary N) is 1. The molecule has 3 aromatic rings. The summed E-state index contributed by atoms with van der Waals surface area (Å²) in [7, 11) is 0. The third kappa shape index (κ3) is 4.46. The number of nitrogens with zero attached hydrogens (tertiary/aromatic N) is 4. The molecule has 3 N–H and O–H groups in total. The van der Waals surface area contributed by atoms with Crippen molar-refractivity contribution in [2.45, 2.75) is 38.8 Å². The maximum Gasteiger partial charge on any atom is 0.229 e. The summed E-state index contributed by atoms with van der Waals surface area (Å²) in [5.74, 6) is 0.630. The summed E-state index contributed by atoms with van der Waals surface area (Å²) in [5, 5.41) is 4.42. The molecule has 0 amide bonds. The Kier molecular flexibility index (Phi) is 5.65. The number of nitrogens with two attached hydrogens (primary N) is 1. The van der Waals surface area contributed by atoms with Crippen molar-refractivity contribution in [2.75, 3.05) is 25.0 Å². The molecule has 1 aliphatic heterocycles. The third-order valence-corrected chi connectivity index (χ3v) is 5.14. The SMILES string of the molecule is NCCCn1ccc2cnc(Nc3cccc(CN4CCCCC4)c3)nc21. The zero-order valence-corrected chi connectivity index (χ0v) is 15.8. The van der Waals surface area contributed by atoms with Gasteiger partial charge in [-0.2, -0.15) is 4.98 Å². The van der Waals surface area contributed by atoms with Gasteiger partial charge in [0.2, 0.25) is 5.95 Å². The van der Waals surface area contributed by atoms with Gasteiger partial charge in [0.25, 0.3) is 0 Å². The minimum Gasteiger partial charge on any atom is -0.332 e. The van der Waals surface area contributed by atoms with Crippen LogP contribution in [0.25, 0.3) is 11.0 Å². The second-order valence-electron chi connectivity index (χ2n) is 7.29. The average Bonchev–Trinajstić information content (AvgIpc) is 3.10. The summed E-state index contributed by atoms with van der Waals surface area (Å²) < 4.78 is 2.14. The standard InChI is InChI=1S/C21H28N6/c22-9-5-12-27-13-8-18-15-23-21(25-20(18)27)24-19-7-4-6-17(14-19)16-26-10-2-1-3-11-26/h4,6-8,13-15H,1-3,5,9-12,16,22H2,(H,23,24,25). The van der Waals surface area contributed by atoms with Gasteiger partial charge in [-0.15, -0.1) is 0 Å². The number of piperidine rings is 1. The summed E-state index contributed by atoms with van der Waals surface area (Å²) in [5.41, 5.74) is 8.95. The molecule has 0 atom stereocenters. The molecule has 3 heterocycles. The van der Waals surface area contributed by atoms with Gasteiger partial charge in [-0.1, -0.05) is 18.6 Å². The summed E-state index contributed by atoms with van der Waals surface area (Å²) in [6.45, 7) is 4.98. The van der Waals surface area contributed by atoms with Crippen LogP contribution in [-0.2, 0) is 13.1 Å². The quantitative estimate of drug-likeness (QED) is 0.671. The van der Waals surface area contributed by atoms with Crippen molar-refractivity contribution in [3.8, 4) is 0 Å². The lowest BCUT2D eigenvalue weighted by molar-refractivity contribution is 0.221. The van der Waals surface area contributed by atoms with E-state index in [0.717, 1.165) is 36.2 Å². The number of fused-ring (bicyclic) bond motifs is 1. The summed E-state index contributed by atoms with van der Waals surface area (Å²) in [6, 6.07) is 10.6. The Bertz CT molecular complexity index is 881. The van der Waals surface area contributed by atoms with Crippen LogP contribution in [-0.4, -0.2) is 39.1 Å². The fourth-order valence-corrected chi connectivity index (χ4v) is 3.73. The van der Waals surface area contributed by atoms with Gasteiger partial charge in [-0.05, 0) is 62.7 Å². The monoisotopic (exact) mass is 364 g/mol. The van der Waals surface area contributed by atoms with Crippen LogP contribution in [0, 0.1) is 0 Å². The molecule has 4 rings (SSSR count). The van der Waals surface area contributed by atoms with Crippen LogP contribution >= 0.6 is 0 Å². The number of aryl methyl sites for hydroxylation is 1. The second kappa shape index (κ2) is 8.50. The van der Waals surface area contributed by atoms with Crippen molar-refractivity contribution >= 4 is 22.7 Å². The number of hydrogen-bond donors (Lipinski definition) is 2. The van der Waals surface area contributed by atoms with E-state index in [-0.39, 0.29) is 0 Å². The fourth-order valence-electron chi connectivity index (χ4n) is 3.73. The first kappa shape index (κ1) is 17.9. The molecule has 0 radical (unpaired) electrons. The molecule has 0 saturated carbocycles. The predicted octanol–water partition coefficient (Wildman–Crippen LogP) is 3.51. The first-order valence-electron chi connectivity index (χ1n) is 9.92. The summed E-state index contributed by atoms with van der Waals surface area (Å²) in [6.07, 6.45) is 8.87. The van der Waals surface area contributed by atoms with E-state index in [4.69, 9.17) is 10.7 Å². The Morgan fingerprint density at radius 3 is 2.85 bits per heavy atom. The molecule has 1 aromatic carbocycles. The van der Waals surface area contributed by atoms with Crippen molar-refractivity contribution in [1.29, 1.82) is 0 Å². The van der Waals surface area contributed by atoms with Crippen molar-refractivity contribution in [2.24, 2.45) is 5.73 Å². The summed E-state index contributed by atoms with van der Waals surface area (Å²) in [4.78, 5) is 11.7. The molecule has 142 valence electrons. The van der Waals surface area contributed by atoms with Crippen molar-refractivity contribution in [1.82, 2.24) is 19.4 Å². The Labute approximate surface area is 160 Å². The van der Waals surface area contributed by atoms with Gasteiger partial charge in [0.1, 0.15) is 5.65 Å². The van der Waals surface area contributed by atoms with Crippen LogP contribution in [0.15, 0.2) is 42.7 Å². The Balaban J connectivity index is 1.48. The molecule has 6 heteroatoms. The topological polar surface area (TPSA) is 72.0 Å². The number of benzene rings is 1. The molecular formula is C21H28N6. The number of hydrogen-bond acceptors (Lipinski definition) is 5. The van der Waals surface area contributed by atoms with E-state index in [1.165, 1.54) is 37.9 Å². The van der Waals surface area contributed by atoms with E-state index >= 15 is 0 Å². The normalized spacial score (nSPS) is 15.3. The van der Waals surface area contributed by atoms with E-state index in [1.54, 1.807) is 0 Å². The van der Waals surface area contributed by atoms with E-state index in [9.17, 15) is 0 Å². The second-order valence-corrected chi connectivity index (χ2v) is 7.29. The van der Waals surface area contributed by atoms with Crippen LogP contribution in [0.4, 0.5) is 11.6 Å². The van der Waals surface area contributed by atoms with Gasteiger partial charge in [0, 0.05) is 36.6 Å². The maximum absolute atomic E-state index is 5.64. The third-order valence-electron chi connectivity index (χ3n) is 5.14. The van der Waals surface area contributed by atoms with Crippen LogP contribution in [0.1, 0.15) is 31.2 Å². The average molecular weight is 364 g/mol. The molecule has 0 bridgehead atoms. The molecule has 1 fully saturated rings. The number of rotatable bonds is 7. The Morgan fingerprint density at radius 1 is 1.11 bits per heavy atom. The first-order chi connectivity index (χ1) is 13.3. The minimum atomic E-state index is 0.630. The molecule has 0 aliphatic carbocycles. The molecule has 0 unspecified atom stereocenters. The van der Waals surface area contributed by atoms with Gasteiger partial charge < -0.3 is 15.6 Å².